The first-order valence-corrected chi connectivity index (χ1v) is 13.1. The summed E-state index contributed by atoms with van der Waals surface area (Å²) in [7, 11) is -3.93. The number of hydrogen-bond acceptors (Lipinski definition) is 4. The van der Waals surface area contributed by atoms with Crippen molar-refractivity contribution in [2.24, 2.45) is 0 Å². The third-order valence-corrected chi connectivity index (χ3v) is 6.48. The lowest BCUT2D eigenvalue weighted by Crippen LogP contribution is -2.07. The number of hydrogen-bond donors (Lipinski definition) is 0. The van der Waals surface area contributed by atoms with Gasteiger partial charge in [-0.25, -0.2) is 0 Å². The van der Waals surface area contributed by atoms with E-state index in [0.717, 1.165) is 16.7 Å². The van der Waals surface area contributed by atoms with E-state index in [1.165, 1.54) is 5.56 Å². The zero-order valence-electron chi connectivity index (χ0n) is 21.0. The maximum Gasteiger partial charge on any atom is 0.647 e. The fourth-order valence-electron chi connectivity index (χ4n) is 3.08. The molecule has 0 heterocycles. The summed E-state index contributed by atoms with van der Waals surface area (Å²) in [6, 6.07) is 32.2. The summed E-state index contributed by atoms with van der Waals surface area (Å²) in [6.45, 7) is 10.3. The second-order valence-electron chi connectivity index (χ2n) is 8.73. The molecule has 0 unspecified atom stereocenters. The van der Waals surface area contributed by atoms with E-state index in [1.807, 2.05) is 63.2 Å². The van der Waals surface area contributed by atoms with Crippen molar-refractivity contribution in [2.75, 3.05) is 0 Å². The van der Waals surface area contributed by atoms with Gasteiger partial charge in [0.2, 0.25) is 0 Å². The maximum absolute atomic E-state index is 13.3. The lowest BCUT2D eigenvalue weighted by molar-refractivity contribution is 0.298. The minimum Gasteiger partial charge on any atom is -0.386 e. The van der Waals surface area contributed by atoms with Gasteiger partial charge in [-0.05, 0) is 68.7 Å². The van der Waals surface area contributed by atoms with Crippen molar-refractivity contribution in [1.29, 1.82) is 0 Å². The van der Waals surface area contributed by atoms with Gasteiger partial charge in [0, 0.05) is 0 Å². The van der Waals surface area contributed by atoms with Crippen LogP contribution in [0, 0.1) is 20.8 Å². The van der Waals surface area contributed by atoms with Crippen molar-refractivity contribution < 1.29 is 18.1 Å². The van der Waals surface area contributed by atoms with Crippen molar-refractivity contribution in [1.82, 2.24) is 0 Å². The SMILES string of the molecule is CC(C)c1ccccc1.Cc1ccc(OP(=O)(Oc2ccc(C)cc2)Oc2ccc(C)cc2)cc1. The second kappa shape index (κ2) is 12.3. The summed E-state index contributed by atoms with van der Waals surface area (Å²) in [4.78, 5) is 0. The van der Waals surface area contributed by atoms with Crippen LogP contribution in [0.5, 0.6) is 17.2 Å². The number of phosphoric acid groups is 1. The van der Waals surface area contributed by atoms with Crippen molar-refractivity contribution in [3.05, 3.63) is 125 Å². The molecule has 0 N–H and O–H groups in total. The molecule has 5 heteroatoms. The van der Waals surface area contributed by atoms with Crippen LogP contribution in [0.4, 0.5) is 0 Å². The third-order valence-electron chi connectivity index (χ3n) is 5.18. The third kappa shape index (κ3) is 8.66. The predicted molar refractivity (Wildman–Crippen MR) is 144 cm³/mol. The summed E-state index contributed by atoms with van der Waals surface area (Å²) in [5, 5.41) is 0. The van der Waals surface area contributed by atoms with E-state index in [1.54, 1.807) is 36.4 Å². The van der Waals surface area contributed by atoms with Crippen LogP contribution in [-0.2, 0) is 4.57 Å². The second-order valence-corrected chi connectivity index (χ2v) is 10.2. The molecule has 0 spiro atoms. The van der Waals surface area contributed by atoms with Gasteiger partial charge in [-0.15, -0.1) is 0 Å². The topological polar surface area (TPSA) is 44.8 Å². The summed E-state index contributed by atoms with van der Waals surface area (Å²) in [5.41, 5.74) is 4.64. The molecule has 0 fully saturated rings. The maximum atomic E-state index is 13.3. The highest BCUT2D eigenvalue weighted by Crippen LogP contribution is 2.49. The summed E-state index contributed by atoms with van der Waals surface area (Å²) in [6.07, 6.45) is 0. The van der Waals surface area contributed by atoms with Crippen molar-refractivity contribution in [3.63, 3.8) is 0 Å². The first kappa shape index (κ1) is 26.1. The van der Waals surface area contributed by atoms with Crippen molar-refractivity contribution >= 4 is 7.82 Å². The van der Waals surface area contributed by atoms with Gasteiger partial charge < -0.3 is 13.6 Å². The lowest BCUT2D eigenvalue weighted by Gasteiger charge is -2.19. The Bertz CT molecular complexity index is 1090. The van der Waals surface area contributed by atoms with Gasteiger partial charge in [0.15, 0.2) is 0 Å². The van der Waals surface area contributed by atoms with Gasteiger partial charge in [0.05, 0.1) is 0 Å². The predicted octanol–water partition coefficient (Wildman–Crippen LogP) is 9.07. The largest absolute Gasteiger partial charge is 0.647 e. The van der Waals surface area contributed by atoms with E-state index < -0.39 is 7.82 Å². The Morgan fingerprint density at radius 3 is 1.09 bits per heavy atom. The number of aryl methyl sites for hydroxylation is 3. The molecule has 4 nitrogen and oxygen atoms in total. The van der Waals surface area contributed by atoms with Crippen LogP contribution in [0.1, 0.15) is 42.0 Å². The van der Waals surface area contributed by atoms with E-state index >= 15 is 0 Å². The molecule has 4 aromatic rings. The van der Waals surface area contributed by atoms with E-state index in [-0.39, 0.29) is 0 Å². The zero-order chi connectivity index (χ0) is 25.3. The molecule has 0 aliphatic rings. The van der Waals surface area contributed by atoms with E-state index in [2.05, 4.69) is 38.1 Å². The smallest absolute Gasteiger partial charge is 0.386 e. The van der Waals surface area contributed by atoms with Crippen molar-refractivity contribution in [2.45, 2.75) is 40.5 Å². The molecular weight excluding hydrogens is 455 g/mol. The zero-order valence-corrected chi connectivity index (χ0v) is 21.9. The van der Waals surface area contributed by atoms with Gasteiger partial charge >= 0.3 is 7.82 Å². The molecule has 0 bridgehead atoms. The Balaban J connectivity index is 0.000000320. The molecule has 182 valence electrons. The quantitative estimate of drug-likeness (QED) is 0.243. The molecular formula is C30H33O4P. The molecule has 0 aliphatic carbocycles. The van der Waals surface area contributed by atoms with Crippen LogP contribution in [0.15, 0.2) is 103 Å². The minimum atomic E-state index is -3.93. The Labute approximate surface area is 209 Å². The average Bonchev–Trinajstić information content (AvgIpc) is 2.84. The van der Waals surface area contributed by atoms with Crippen LogP contribution < -0.4 is 13.6 Å². The Kier molecular flexibility index (Phi) is 9.17. The number of phosphoric ester groups is 1. The Morgan fingerprint density at radius 1 is 0.514 bits per heavy atom. The van der Waals surface area contributed by atoms with Gasteiger partial charge in [-0.3, -0.25) is 0 Å². The standard InChI is InChI=1S/C21H21O4P.C9H12/c1-16-4-10-19(11-5-16)23-26(22,24-20-12-6-17(2)7-13-20)25-21-14-8-18(3)9-15-21;1-8(2)9-6-4-3-5-7-9/h4-15H,1-3H3;3-8H,1-2H3. The fourth-order valence-corrected chi connectivity index (χ4v) is 4.33. The fraction of sp³-hybridized carbons (Fsp3) is 0.200. The monoisotopic (exact) mass is 488 g/mol. The van der Waals surface area contributed by atoms with Crippen LogP contribution in [0.2, 0.25) is 0 Å². The molecule has 4 rings (SSSR count). The normalized spacial score (nSPS) is 10.8. The molecule has 0 aliphatic heterocycles. The van der Waals surface area contributed by atoms with E-state index in [4.69, 9.17) is 13.6 Å². The molecule has 0 saturated carbocycles. The Hall–Kier alpha value is -3.49. The van der Waals surface area contributed by atoms with Gasteiger partial charge in [-0.2, -0.15) is 4.57 Å². The molecule has 35 heavy (non-hydrogen) atoms. The Morgan fingerprint density at radius 2 is 0.829 bits per heavy atom. The highest BCUT2D eigenvalue weighted by atomic mass is 31.2. The van der Waals surface area contributed by atoms with Crippen LogP contribution in [0.25, 0.3) is 0 Å². The summed E-state index contributed by atoms with van der Waals surface area (Å²) in [5.74, 6) is 1.90. The highest BCUT2D eigenvalue weighted by Gasteiger charge is 2.33. The van der Waals surface area contributed by atoms with Gasteiger partial charge in [0.25, 0.3) is 0 Å². The molecule has 0 radical (unpaired) electrons. The van der Waals surface area contributed by atoms with Crippen LogP contribution >= 0.6 is 7.82 Å². The highest BCUT2D eigenvalue weighted by molar-refractivity contribution is 7.49. The molecule has 0 atom stereocenters. The molecule has 0 aromatic heterocycles. The van der Waals surface area contributed by atoms with E-state index in [9.17, 15) is 4.57 Å². The average molecular weight is 489 g/mol. The van der Waals surface area contributed by atoms with Gasteiger partial charge in [0.1, 0.15) is 17.2 Å². The number of rotatable bonds is 7. The van der Waals surface area contributed by atoms with Crippen molar-refractivity contribution in [3.8, 4) is 17.2 Å². The first-order valence-electron chi connectivity index (χ1n) is 11.7. The summed E-state index contributed by atoms with van der Waals surface area (Å²) >= 11 is 0. The molecule has 0 amide bonds. The van der Waals surface area contributed by atoms with Gasteiger partial charge in [-0.1, -0.05) is 97.3 Å². The first-order chi connectivity index (χ1) is 16.7. The number of benzene rings is 4. The van der Waals surface area contributed by atoms with E-state index in [0.29, 0.717) is 23.2 Å². The molecule has 0 saturated heterocycles. The molecule has 4 aromatic carbocycles. The minimum absolute atomic E-state index is 0.415. The van der Waals surface area contributed by atoms with Crippen LogP contribution in [-0.4, -0.2) is 0 Å². The van der Waals surface area contributed by atoms with Crippen LogP contribution in [0.3, 0.4) is 0 Å². The lowest BCUT2D eigenvalue weighted by atomic mass is 10.0. The summed E-state index contributed by atoms with van der Waals surface area (Å²) < 4.78 is 30.2.